The number of likely N-dealkylation sites (tertiary alicyclic amines) is 1. The van der Waals surface area contributed by atoms with E-state index < -0.39 is 0 Å². The summed E-state index contributed by atoms with van der Waals surface area (Å²) in [6.45, 7) is 12.1. The standard InChI is InChI=1S/C15H31N3O/c1-4-17(5-2)13-14(3)16-12-15(19)18-10-8-6-7-9-11-18/h14,16H,4-13H2,1-3H3. The zero-order chi connectivity index (χ0) is 14.1. The van der Waals surface area contributed by atoms with Crippen LogP contribution in [0.15, 0.2) is 0 Å². The maximum absolute atomic E-state index is 12.1. The highest BCUT2D eigenvalue weighted by Crippen LogP contribution is 2.09. The molecule has 1 rings (SSSR count). The largest absolute Gasteiger partial charge is 0.342 e. The van der Waals surface area contributed by atoms with Gasteiger partial charge in [0.15, 0.2) is 0 Å². The topological polar surface area (TPSA) is 35.6 Å². The zero-order valence-corrected chi connectivity index (χ0v) is 13.0. The van der Waals surface area contributed by atoms with E-state index in [1.165, 1.54) is 25.7 Å². The molecule has 0 aliphatic carbocycles. The number of hydrogen-bond acceptors (Lipinski definition) is 3. The highest BCUT2D eigenvalue weighted by molar-refractivity contribution is 5.78. The smallest absolute Gasteiger partial charge is 0.236 e. The first-order valence-electron chi connectivity index (χ1n) is 7.90. The molecule has 19 heavy (non-hydrogen) atoms. The Labute approximate surface area is 118 Å². The van der Waals surface area contributed by atoms with Crippen LogP contribution in [0.4, 0.5) is 0 Å². The highest BCUT2D eigenvalue weighted by Gasteiger charge is 2.16. The summed E-state index contributed by atoms with van der Waals surface area (Å²) in [5, 5.41) is 3.37. The summed E-state index contributed by atoms with van der Waals surface area (Å²) in [5.74, 6) is 0.272. The van der Waals surface area contributed by atoms with Crippen molar-refractivity contribution < 1.29 is 4.79 Å². The van der Waals surface area contributed by atoms with Crippen LogP contribution in [0, 0.1) is 0 Å². The SMILES string of the molecule is CCN(CC)CC(C)NCC(=O)N1CCCCCC1. The fraction of sp³-hybridized carbons (Fsp3) is 0.933. The van der Waals surface area contributed by atoms with Gasteiger partial charge in [0.25, 0.3) is 0 Å². The van der Waals surface area contributed by atoms with E-state index in [0.717, 1.165) is 32.7 Å². The lowest BCUT2D eigenvalue weighted by Gasteiger charge is -2.25. The first kappa shape index (κ1) is 16.4. The molecule has 1 saturated heterocycles. The van der Waals surface area contributed by atoms with E-state index in [1.807, 2.05) is 4.90 Å². The Kier molecular flexibility index (Phi) is 8.07. The molecule has 4 heteroatoms. The second-order valence-corrected chi connectivity index (χ2v) is 5.56. The molecule has 1 unspecified atom stereocenters. The van der Waals surface area contributed by atoms with Crippen molar-refractivity contribution in [2.24, 2.45) is 0 Å². The third-order valence-electron chi connectivity index (χ3n) is 3.99. The second-order valence-electron chi connectivity index (χ2n) is 5.56. The van der Waals surface area contributed by atoms with Gasteiger partial charge < -0.3 is 15.1 Å². The molecule has 0 spiro atoms. The molecule has 0 aromatic heterocycles. The highest BCUT2D eigenvalue weighted by atomic mass is 16.2. The van der Waals surface area contributed by atoms with Gasteiger partial charge in [-0.1, -0.05) is 26.7 Å². The minimum Gasteiger partial charge on any atom is -0.342 e. The monoisotopic (exact) mass is 269 g/mol. The minimum atomic E-state index is 0.272. The molecular weight excluding hydrogens is 238 g/mol. The number of nitrogens with one attached hydrogen (secondary N) is 1. The summed E-state index contributed by atoms with van der Waals surface area (Å²) in [6, 6.07) is 0.371. The molecule has 0 aromatic carbocycles. The third-order valence-corrected chi connectivity index (χ3v) is 3.99. The third kappa shape index (κ3) is 6.39. The molecule has 1 N–H and O–H groups in total. The summed E-state index contributed by atoms with van der Waals surface area (Å²) in [5.41, 5.74) is 0. The van der Waals surface area contributed by atoms with Gasteiger partial charge in [0, 0.05) is 25.7 Å². The number of likely N-dealkylation sites (N-methyl/N-ethyl adjacent to an activating group) is 1. The summed E-state index contributed by atoms with van der Waals surface area (Å²) < 4.78 is 0. The number of amides is 1. The van der Waals surface area contributed by atoms with Crippen LogP contribution in [0.2, 0.25) is 0 Å². The van der Waals surface area contributed by atoms with Crippen molar-refractivity contribution in [3.8, 4) is 0 Å². The number of nitrogens with zero attached hydrogens (tertiary/aromatic N) is 2. The summed E-state index contributed by atoms with van der Waals surface area (Å²) in [4.78, 5) is 16.5. The van der Waals surface area contributed by atoms with Gasteiger partial charge in [-0.3, -0.25) is 4.79 Å². The van der Waals surface area contributed by atoms with Crippen molar-refractivity contribution in [2.75, 3.05) is 39.3 Å². The lowest BCUT2D eigenvalue weighted by Crippen LogP contribution is -2.45. The molecule has 1 heterocycles. The van der Waals surface area contributed by atoms with Gasteiger partial charge in [-0.15, -0.1) is 0 Å². The van der Waals surface area contributed by atoms with Crippen LogP contribution in [0.5, 0.6) is 0 Å². The Morgan fingerprint density at radius 3 is 2.26 bits per heavy atom. The van der Waals surface area contributed by atoms with Crippen LogP contribution in [-0.4, -0.2) is 61.0 Å². The van der Waals surface area contributed by atoms with E-state index in [0.29, 0.717) is 12.6 Å². The molecule has 1 amide bonds. The van der Waals surface area contributed by atoms with Gasteiger partial charge in [0.1, 0.15) is 0 Å². The Balaban J connectivity index is 2.24. The second kappa shape index (κ2) is 9.32. The number of carbonyl (C=O) groups excluding carboxylic acids is 1. The molecule has 1 atom stereocenters. The zero-order valence-electron chi connectivity index (χ0n) is 13.0. The van der Waals surface area contributed by atoms with Crippen molar-refractivity contribution in [3.05, 3.63) is 0 Å². The fourth-order valence-corrected chi connectivity index (χ4v) is 2.63. The van der Waals surface area contributed by atoms with E-state index in [2.05, 4.69) is 31.0 Å². The van der Waals surface area contributed by atoms with Gasteiger partial charge in [-0.25, -0.2) is 0 Å². The van der Waals surface area contributed by atoms with Crippen molar-refractivity contribution in [1.82, 2.24) is 15.1 Å². The summed E-state index contributed by atoms with van der Waals surface area (Å²) >= 11 is 0. The number of rotatable bonds is 7. The minimum absolute atomic E-state index is 0.272. The Morgan fingerprint density at radius 2 is 1.74 bits per heavy atom. The van der Waals surface area contributed by atoms with Crippen molar-refractivity contribution in [3.63, 3.8) is 0 Å². The van der Waals surface area contributed by atoms with E-state index in [4.69, 9.17) is 0 Å². The first-order valence-corrected chi connectivity index (χ1v) is 7.90. The van der Waals surface area contributed by atoms with Gasteiger partial charge in [-0.2, -0.15) is 0 Å². The van der Waals surface area contributed by atoms with Crippen molar-refractivity contribution in [1.29, 1.82) is 0 Å². The maximum atomic E-state index is 12.1. The van der Waals surface area contributed by atoms with Crippen LogP contribution in [0.3, 0.4) is 0 Å². The predicted molar refractivity (Wildman–Crippen MR) is 80.3 cm³/mol. The van der Waals surface area contributed by atoms with E-state index in [1.54, 1.807) is 0 Å². The summed E-state index contributed by atoms with van der Waals surface area (Å²) in [7, 11) is 0. The van der Waals surface area contributed by atoms with Gasteiger partial charge >= 0.3 is 0 Å². The molecule has 1 fully saturated rings. The normalized spacial score (nSPS) is 18.4. The molecule has 0 radical (unpaired) electrons. The Morgan fingerprint density at radius 1 is 1.16 bits per heavy atom. The Hall–Kier alpha value is -0.610. The average molecular weight is 269 g/mol. The Bertz CT molecular complexity index is 246. The average Bonchev–Trinajstić information content (AvgIpc) is 2.71. The maximum Gasteiger partial charge on any atom is 0.236 e. The van der Waals surface area contributed by atoms with E-state index in [-0.39, 0.29) is 5.91 Å². The van der Waals surface area contributed by atoms with Crippen LogP contribution >= 0.6 is 0 Å². The van der Waals surface area contributed by atoms with Crippen molar-refractivity contribution in [2.45, 2.75) is 52.5 Å². The lowest BCUT2D eigenvalue weighted by molar-refractivity contribution is -0.130. The molecule has 0 aromatic rings. The van der Waals surface area contributed by atoms with E-state index in [9.17, 15) is 4.79 Å². The van der Waals surface area contributed by atoms with Crippen LogP contribution in [-0.2, 0) is 4.79 Å². The van der Waals surface area contributed by atoms with Crippen LogP contribution < -0.4 is 5.32 Å². The molecule has 112 valence electrons. The van der Waals surface area contributed by atoms with Gasteiger partial charge in [-0.05, 0) is 32.9 Å². The molecular formula is C15H31N3O. The molecule has 0 bridgehead atoms. The molecule has 4 nitrogen and oxygen atoms in total. The van der Waals surface area contributed by atoms with Gasteiger partial charge in [0.2, 0.25) is 5.91 Å². The predicted octanol–water partition coefficient (Wildman–Crippen LogP) is 1.71. The molecule has 1 aliphatic heterocycles. The fourth-order valence-electron chi connectivity index (χ4n) is 2.63. The van der Waals surface area contributed by atoms with E-state index >= 15 is 0 Å². The molecule has 1 aliphatic rings. The quantitative estimate of drug-likeness (QED) is 0.764. The van der Waals surface area contributed by atoms with Crippen molar-refractivity contribution >= 4 is 5.91 Å². The number of hydrogen-bond donors (Lipinski definition) is 1. The van der Waals surface area contributed by atoms with Gasteiger partial charge in [0.05, 0.1) is 6.54 Å². The van der Waals surface area contributed by atoms with Crippen LogP contribution in [0.1, 0.15) is 46.5 Å². The van der Waals surface area contributed by atoms with Crippen LogP contribution in [0.25, 0.3) is 0 Å². The number of carbonyl (C=O) groups is 1. The molecule has 0 saturated carbocycles. The lowest BCUT2D eigenvalue weighted by atomic mass is 10.2. The summed E-state index contributed by atoms with van der Waals surface area (Å²) in [6.07, 6.45) is 4.88. The first-order chi connectivity index (χ1) is 9.17.